The molecule has 2 aromatic rings. The van der Waals surface area contributed by atoms with Crippen LogP contribution in [0.3, 0.4) is 0 Å². The number of rotatable bonds is 4. The molecule has 0 aliphatic carbocycles. The number of pyridine rings is 1. The number of nitrogens with zero attached hydrogens (tertiary/aromatic N) is 4. The van der Waals surface area contributed by atoms with Gasteiger partial charge < -0.3 is 10.5 Å². The third kappa shape index (κ3) is 4.14. The van der Waals surface area contributed by atoms with Crippen molar-refractivity contribution in [2.24, 2.45) is 10.7 Å². The van der Waals surface area contributed by atoms with Crippen LogP contribution in [-0.2, 0) is 21.5 Å². The second-order valence-electron chi connectivity index (χ2n) is 8.13. The maximum atomic E-state index is 13.1. The number of hydrogen-bond acceptors (Lipinski definition) is 6. The van der Waals surface area contributed by atoms with Crippen molar-refractivity contribution in [1.29, 1.82) is 5.26 Å². The first-order chi connectivity index (χ1) is 14.9. The van der Waals surface area contributed by atoms with Gasteiger partial charge >= 0.3 is 0 Å². The van der Waals surface area contributed by atoms with Gasteiger partial charge in [-0.25, -0.2) is 4.99 Å². The van der Waals surface area contributed by atoms with Crippen LogP contribution in [0.15, 0.2) is 41.7 Å². The lowest BCUT2D eigenvalue weighted by Gasteiger charge is -2.40. The van der Waals surface area contributed by atoms with Crippen LogP contribution in [0.4, 0.5) is 0 Å². The van der Waals surface area contributed by atoms with Crippen molar-refractivity contribution in [2.75, 3.05) is 13.2 Å². The van der Waals surface area contributed by atoms with Crippen LogP contribution in [0.1, 0.15) is 48.4 Å². The van der Waals surface area contributed by atoms with E-state index in [9.17, 15) is 10.1 Å². The van der Waals surface area contributed by atoms with Crippen molar-refractivity contribution in [3.8, 4) is 6.07 Å². The number of carbonyl (C=O) groups excluding carboxylic acids is 1. The predicted octanol–water partition coefficient (Wildman–Crippen LogP) is 3.14. The maximum Gasteiger partial charge on any atom is 0.232 e. The van der Waals surface area contributed by atoms with Crippen molar-refractivity contribution in [3.05, 3.63) is 63.9 Å². The van der Waals surface area contributed by atoms with Crippen molar-refractivity contribution < 1.29 is 9.53 Å². The SMILES string of the molecule is C[C@@]1(c2cccc(Cc3cnccc3C#N)c2Cl)CC(=O)N(C2CCOCC2)C(N)=N1. The number of carbonyl (C=O) groups is 1. The van der Waals surface area contributed by atoms with E-state index in [0.29, 0.717) is 30.2 Å². The van der Waals surface area contributed by atoms with E-state index < -0.39 is 5.54 Å². The van der Waals surface area contributed by atoms with Gasteiger partial charge in [-0.3, -0.25) is 14.7 Å². The fourth-order valence-electron chi connectivity index (χ4n) is 4.36. The highest BCUT2D eigenvalue weighted by Gasteiger charge is 2.41. The third-order valence-corrected chi connectivity index (χ3v) is 6.44. The van der Waals surface area contributed by atoms with Crippen LogP contribution in [0.5, 0.6) is 0 Å². The minimum Gasteiger partial charge on any atom is -0.381 e. The molecular formula is C23H24ClN5O2. The summed E-state index contributed by atoms with van der Waals surface area (Å²) in [5, 5.41) is 9.89. The molecule has 1 amide bonds. The van der Waals surface area contributed by atoms with Gasteiger partial charge in [0.25, 0.3) is 0 Å². The van der Waals surface area contributed by atoms with E-state index in [4.69, 9.17) is 27.1 Å². The van der Waals surface area contributed by atoms with Crippen LogP contribution in [0.2, 0.25) is 5.02 Å². The number of hydrogen-bond donors (Lipinski definition) is 1. The number of benzene rings is 1. The van der Waals surface area contributed by atoms with E-state index in [2.05, 4.69) is 11.1 Å². The molecule has 0 radical (unpaired) electrons. The Bertz CT molecular complexity index is 1070. The minimum absolute atomic E-state index is 0.0198. The summed E-state index contributed by atoms with van der Waals surface area (Å²) in [5.41, 5.74) is 8.38. The first-order valence-corrected chi connectivity index (χ1v) is 10.7. The Hall–Kier alpha value is -2.95. The summed E-state index contributed by atoms with van der Waals surface area (Å²) in [6.45, 7) is 3.12. The maximum absolute atomic E-state index is 13.1. The van der Waals surface area contributed by atoms with Crippen molar-refractivity contribution in [3.63, 3.8) is 0 Å². The average molecular weight is 438 g/mol. The molecule has 160 valence electrons. The zero-order valence-corrected chi connectivity index (χ0v) is 18.1. The molecule has 1 saturated heterocycles. The van der Waals surface area contributed by atoms with Crippen LogP contribution in [0, 0.1) is 11.3 Å². The molecule has 2 aliphatic heterocycles. The van der Waals surface area contributed by atoms with Crippen molar-refractivity contribution in [1.82, 2.24) is 9.88 Å². The summed E-state index contributed by atoms with van der Waals surface area (Å²) in [6.07, 6.45) is 5.42. The normalized spacial score (nSPS) is 22.2. The highest BCUT2D eigenvalue weighted by molar-refractivity contribution is 6.32. The number of nitriles is 1. The molecule has 1 aromatic carbocycles. The first-order valence-electron chi connectivity index (χ1n) is 10.3. The van der Waals surface area contributed by atoms with Gasteiger partial charge in [-0.1, -0.05) is 29.8 Å². The molecule has 0 bridgehead atoms. The van der Waals surface area contributed by atoms with Gasteiger partial charge in [0, 0.05) is 43.1 Å². The molecule has 0 spiro atoms. The Morgan fingerprint density at radius 1 is 1.32 bits per heavy atom. The summed E-state index contributed by atoms with van der Waals surface area (Å²) < 4.78 is 5.40. The average Bonchev–Trinajstić information content (AvgIpc) is 2.75. The second kappa shape index (κ2) is 8.66. The number of amides is 1. The molecule has 3 heterocycles. The molecule has 31 heavy (non-hydrogen) atoms. The highest BCUT2D eigenvalue weighted by Crippen LogP contribution is 2.40. The van der Waals surface area contributed by atoms with Gasteiger partial charge in [0.05, 0.1) is 23.6 Å². The zero-order chi connectivity index (χ0) is 22.0. The summed E-state index contributed by atoms with van der Waals surface area (Å²) in [5.74, 6) is 0.175. The van der Waals surface area contributed by atoms with Gasteiger partial charge in [-0.15, -0.1) is 0 Å². The summed E-state index contributed by atoms with van der Waals surface area (Å²) in [6, 6.07) is 9.58. The quantitative estimate of drug-likeness (QED) is 0.791. The van der Waals surface area contributed by atoms with Gasteiger partial charge in [-0.05, 0) is 42.5 Å². The van der Waals surface area contributed by atoms with Crippen LogP contribution in [0.25, 0.3) is 0 Å². The standard InChI is InChI=1S/C23H24ClN5O2/c1-23(12-20(30)29(22(26)28-23)18-6-9-31-10-7-18)19-4-2-3-15(21(19)24)11-17-14-27-8-5-16(17)13-25/h2-5,8,14,18H,6-7,9-12H2,1H3,(H2,26,28)/t23-/m0/s1. The highest BCUT2D eigenvalue weighted by atomic mass is 35.5. The van der Waals surface area contributed by atoms with Gasteiger partial charge in [0.15, 0.2) is 5.96 Å². The number of ether oxygens (including phenoxy) is 1. The summed E-state index contributed by atoms with van der Waals surface area (Å²) in [4.78, 5) is 23.6. The molecule has 8 heteroatoms. The van der Waals surface area contributed by atoms with E-state index in [1.807, 2.05) is 25.1 Å². The van der Waals surface area contributed by atoms with Crippen molar-refractivity contribution in [2.45, 2.75) is 44.2 Å². The molecule has 1 fully saturated rings. The lowest BCUT2D eigenvalue weighted by molar-refractivity contribution is -0.132. The first kappa shape index (κ1) is 21.3. The number of aromatic nitrogens is 1. The minimum atomic E-state index is -0.858. The van der Waals surface area contributed by atoms with Crippen LogP contribution in [-0.4, -0.2) is 41.0 Å². The zero-order valence-electron chi connectivity index (χ0n) is 17.3. The van der Waals surface area contributed by atoms with E-state index in [-0.39, 0.29) is 24.3 Å². The number of guanidine groups is 1. The second-order valence-corrected chi connectivity index (χ2v) is 8.51. The van der Waals surface area contributed by atoms with Gasteiger partial charge in [0.1, 0.15) is 0 Å². The Morgan fingerprint density at radius 2 is 2.10 bits per heavy atom. The lowest BCUT2D eigenvalue weighted by Crippen LogP contribution is -2.55. The molecule has 0 unspecified atom stereocenters. The third-order valence-electron chi connectivity index (χ3n) is 5.99. The molecule has 7 nitrogen and oxygen atoms in total. The molecule has 1 atom stereocenters. The van der Waals surface area contributed by atoms with E-state index in [1.54, 1.807) is 23.4 Å². The fraction of sp³-hybridized carbons (Fsp3) is 0.391. The molecule has 2 aliphatic rings. The van der Waals surface area contributed by atoms with E-state index in [1.165, 1.54) is 0 Å². The summed E-state index contributed by atoms with van der Waals surface area (Å²) in [7, 11) is 0. The molecule has 0 saturated carbocycles. The fourth-order valence-corrected chi connectivity index (χ4v) is 4.75. The van der Waals surface area contributed by atoms with Crippen LogP contribution >= 0.6 is 11.6 Å². The number of nitrogens with two attached hydrogens (primary N) is 1. The van der Waals surface area contributed by atoms with E-state index >= 15 is 0 Å². The number of aliphatic imine (C=N–C) groups is 1. The predicted molar refractivity (Wildman–Crippen MR) is 117 cm³/mol. The Morgan fingerprint density at radius 3 is 2.81 bits per heavy atom. The summed E-state index contributed by atoms with van der Waals surface area (Å²) >= 11 is 6.80. The Labute approximate surface area is 186 Å². The largest absolute Gasteiger partial charge is 0.381 e. The molecule has 1 aromatic heterocycles. The topological polar surface area (TPSA) is 105 Å². The Balaban J connectivity index is 1.66. The van der Waals surface area contributed by atoms with Crippen molar-refractivity contribution >= 4 is 23.5 Å². The van der Waals surface area contributed by atoms with E-state index in [0.717, 1.165) is 29.5 Å². The van der Waals surface area contributed by atoms with Crippen LogP contribution < -0.4 is 5.73 Å². The smallest absolute Gasteiger partial charge is 0.232 e. The molecule has 4 rings (SSSR count). The van der Waals surface area contributed by atoms with Gasteiger partial charge in [-0.2, -0.15) is 5.26 Å². The lowest BCUT2D eigenvalue weighted by atomic mass is 9.85. The Kier molecular flexibility index (Phi) is 5.94. The van der Waals surface area contributed by atoms with Gasteiger partial charge in [0.2, 0.25) is 5.91 Å². The number of halogens is 1. The molecular weight excluding hydrogens is 414 g/mol. The monoisotopic (exact) mass is 437 g/mol. The molecule has 2 N–H and O–H groups in total.